The normalized spacial score (nSPS) is 26.6. The number of hydrogen-bond donors (Lipinski definition) is 1. The average Bonchev–Trinajstić information content (AvgIpc) is 2.89. The zero-order valence-corrected chi connectivity index (χ0v) is 12.8. The summed E-state index contributed by atoms with van der Waals surface area (Å²) in [5.74, 6) is 1.22. The molecule has 2 unspecified atom stereocenters. The van der Waals surface area contributed by atoms with Gasteiger partial charge in [0.15, 0.2) is 0 Å². The summed E-state index contributed by atoms with van der Waals surface area (Å²) in [5, 5.41) is 9.46. The molecule has 1 aliphatic rings. The lowest BCUT2D eigenvalue weighted by Crippen LogP contribution is -2.33. The Morgan fingerprint density at radius 1 is 1.30 bits per heavy atom. The van der Waals surface area contributed by atoms with Crippen molar-refractivity contribution in [3.05, 3.63) is 17.7 Å². The van der Waals surface area contributed by atoms with E-state index in [1.807, 2.05) is 4.57 Å². The highest BCUT2D eigenvalue weighted by atomic mass is 16.4. The van der Waals surface area contributed by atoms with Crippen LogP contribution in [0.5, 0.6) is 0 Å². The van der Waals surface area contributed by atoms with Crippen molar-refractivity contribution in [1.82, 2.24) is 9.55 Å². The van der Waals surface area contributed by atoms with Crippen LogP contribution in [-0.2, 0) is 6.42 Å². The molecule has 1 fully saturated rings. The topological polar surface area (TPSA) is 55.1 Å². The number of carboxylic acid groups (broad SMARTS) is 1. The third-order valence-corrected chi connectivity index (χ3v) is 4.87. The van der Waals surface area contributed by atoms with Gasteiger partial charge in [0.05, 0.1) is 6.20 Å². The second kappa shape index (κ2) is 6.42. The largest absolute Gasteiger partial charge is 0.477 e. The third-order valence-electron chi connectivity index (χ3n) is 4.87. The summed E-state index contributed by atoms with van der Waals surface area (Å²) in [4.78, 5) is 15.9. The molecule has 0 radical (unpaired) electrons. The standard InChI is InChI=1S/C16H26N2O2/c1-4-11-8-7-9-12(5-2)15(11)18-13(16(19)20)10-17-14(18)6-3/h10-12,15H,4-9H2,1-3H3,(H,19,20). The Morgan fingerprint density at radius 3 is 2.35 bits per heavy atom. The monoisotopic (exact) mass is 278 g/mol. The van der Waals surface area contributed by atoms with Gasteiger partial charge in [-0.1, -0.05) is 40.0 Å². The molecule has 0 aromatic carbocycles. The Kier molecular flexibility index (Phi) is 4.84. The highest BCUT2D eigenvalue weighted by Crippen LogP contribution is 2.43. The molecule has 1 aliphatic carbocycles. The number of rotatable bonds is 5. The lowest BCUT2D eigenvalue weighted by Gasteiger charge is -2.39. The summed E-state index contributed by atoms with van der Waals surface area (Å²) >= 11 is 0. The van der Waals surface area contributed by atoms with E-state index in [1.54, 1.807) is 0 Å². The van der Waals surface area contributed by atoms with Gasteiger partial charge in [-0.25, -0.2) is 9.78 Å². The molecule has 0 amide bonds. The van der Waals surface area contributed by atoms with Gasteiger partial charge in [-0.3, -0.25) is 0 Å². The van der Waals surface area contributed by atoms with Gasteiger partial charge in [0.25, 0.3) is 0 Å². The van der Waals surface area contributed by atoms with Gasteiger partial charge in [-0.2, -0.15) is 0 Å². The molecular weight excluding hydrogens is 252 g/mol. The number of aromatic carboxylic acids is 1. The SMILES string of the molecule is CCc1ncc(C(=O)O)n1C1C(CC)CCCC1CC. The van der Waals surface area contributed by atoms with E-state index in [9.17, 15) is 9.90 Å². The molecule has 20 heavy (non-hydrogen) atoms. The quantitative estimate of drug-likeness (QED) is 0.888. The van der Waals surface area contributed by atoms with Gasteiger partial charge in [0.1, 0.15) is 11.5 Å². The number of carbonyl (C=O) groups is 1. The van der Waals surface area contributed by atoms with E-state index in [0.29, 0.717) is 23.6 Å². The first-order valence-electron chi connectivity index (χ1n) is 7.93. The zero-order valence-electron chi connectivity index (χ0n) is 12.8. The average molecular weight is 278 g/mol. The van der Waals surface area contributed by atoms with Crippen LogP contribution in [0.15, 0.2) is 6.20 Å². The Labute approximate surface area is 121 Å². The molecular formula is C16H26N2O2. The van der Waals surface area contributed by atoms with Crippen LogP contribution < -0.4 is 0 Å². The van der Waals surface area contributed by atoms with Gasteiger partial charge < -0.3 is 9.67 Å². The molecule has 1 aromatic rings. The number of aryl methyl sites for hydroxylation is 1. The van der Waals surface area contributed by atoms with Crippen LogP contribution in [0.4, 0.5) is 0 Å². The van der Waals surface area contributed by atoms with E-state index in [4.69, 9.17) is 0 Å². The summed E-state index contributed by atoms with van der Waals surface area (Å²) in [5.41, 5.74) is 0.366. The maximum atomic E-state index is 11.5. The fourth-order valence-corrected chi connectivity index (χ4v) is 3.83. The third kappa shape index (κ3) is 2.60. The lowest BCUT2D eigenvalue weighted by atomic mass is 9.74. The van der Waals surface area contributed by atoms with Crippen LogP contribution in [0, 0.1) is 11.8 Å². The Morgan fingerprint density at radius 2 is 1.90 bits per heavy atom. The predicted octanol–water partition coefficient (Wildman–Crippen LogP) is 3.92. The number of imidazole rings is 1. The highest BCUT2D eigenvalue weighted by molar-refractivity contribution is 5.85. The van der Waals surface area contributed by atoms with Crippen molar-refractivity contribution in [1.29, 1.82) is 0 Å². The first-order valence-corrected chi connectivity index (χ1v) is 7.93. The zero-order chi connectivity index (χ0) is 14.7. The molecule has 1 saturated carbocycles. The van der Waals surface area contributed by atoms with Crippen LogP contribution >= 0.6 is 0 Å². The summed E-state index contributed by atoms with van der Waals surface area (Å²) in [7, 11) is 0. The molecule has 112 valence electrons. The van der Waals surface area contributed by atoms with Crippen LogP contribution in [0.1, 0.15) is 75.2 Å². The smallest absolute Gasteiger partial charge is 0.354 e. The summed E-state index contributed by atoms with van der Waals surface area (Å²) in [6.07, 6.45) is 8.23. The fraction of sp³-hybridized carbons (Fsp3) is 0.750. The number of hydrogen-bond acceptors (Lipinski definition) is 2. The molecule has 1 heterocycles. The van der Waals surface area contributed by atoms with E-state index < -0.39 is 5.97 Å². The lowest BCUT2D eigenvalue weighted by molar-refractivity contribution is 0.0664. The fourth-order valence-electron chi connectivity index (χ4n) is 3.83. The van der Waals surface area contributed by atoms with Crippen molar-refractivity contribution in [2.75, 3.05) is 0 Å². The van der Waals surface area contributed by atoms with E-state index in [-0.39, 0.29) is 0 Å². The Bertz CT molecular complexity index is 455. The molecule has 1 N–H and O–H groups in total. The Balaban J connectivity index is 2.49. The van der Waals surface area contributed by atoms with Crippen molar-refractivity contribution in [3.8, 4) is 0 Å². The molecule has 0 spiro atoms. The van der Waals surface area contributed by atoms with Gasteiger partial charge in [0, 0.05) is 12.5 Å². The first-order chi connectivity index (χ1) is 9.63. The van der Waals surface area contributed by atoms with E-state index >= 15 is 0 Å². The maximum absolute atomic E-state index is 11.5. The minimum absolute atomic E-state index is 0.308. The van der Waals surface area contributed by atoms with Crippen molar-refractivity contribution in [2.24, 2.45) is 11.8 Å². The van der Waals surface area contributed by atoms with E-state index in [1.165, 1.54) is 25.5 Å². The van der Waals surface area contributed by atoms with Crippen LogP contribution in [-0.4, -0.2) is 20.6 Å². The van der Waals surface area contributed by atoms with Crippen molar-refractivity contribution < 1.29 is 9.90 Å². The second-order valence-corrected chi connectivity index (χ2v) is 5.85. The Hall–Kier alpha value is -1.32. The first kappa shape index (κ1) is 15.1. The minimum Gasteiger partial charge on any atom is -0.477 e. The van der Waals surface area contributed by atoms with Crippen LogP contribution in [0.25, 0.3) is 0 Å². The molecule has 0 aliphatic heterocycles. The molecule has 2 atom stereocenters. The molecule has 4 heteroatoms. The maximum Gasteiger partial charge on any atom is 0.354 e. The minimum atomic E-state index is -0.854. The van der Waals surface area contributed by atoms with Crippen molar-refractivity contribution >= 4 is 5.97 Å². The van der Waals surface area contributed by atoms with Crippen molar-refractivity contribution in [2.45, 2.75) is 65.3 Å². The van der Waals surface area contributed by atoms with Gasteiger partial charge in [0.2, 0.25) is 0 Å². The number of nitrogens with zero attached hydrogens (tertiary/aromatic N) is 2. The van der Waals surface area contributed by atoms with Crippen LogP contribution in [0.3, 0.4) is 0 Å². The van der Waals surface area contributed by atoms with Crippen molar-refractivity contribution in [3.63, 3.8) is 0 Å². The van der Waals surface area contributed by atoms with Crippen LogP contribution in [0.2, 0.25) is 0 Å². The number of carboxylic acids is 1. The highest BCUT2D eigenvalue weighted by Gasteiger charge is 2.35. The van der Waals surface area contributed by atoms with E-state index in [2.05, 4.69) is 25.8 Å². The predicted molar refractivity (Wildman–Crippen MR) is 79.0 cm³/mol. The molecule has 1 aromatic heterocycles. The van der Waals surface area contributed by atoms with Gasteiger partial charge in [-0.15, -0.1) is 0 Å². The summed E-state index contributed by atoms with van der Waals surface area (Å²) in [6.45, 7) is 6.49. The molecule has 4 nitrogen and oxygen atoms in total. The van der Waals surface area contributed by atoms with Gasteiger partial charge >= 0.3 is 5.97 Å². The number of aromatic nitrogens is 2. The summed E-state index contributed by atoms with van der Waals surface area (Å²) in [6, 6.07) is 0.308. The molecule has 2 rings (SSSR count). The van der Waals surface area contributed by atoms with E-state index in [0.717, 1.165) is 25.1 Å². The second-order valence-electron chi connectivity index (χ2n) is 5.85. The van der Waals surface area contributed by atoms with Gasteiger partial charge in [-0.05, 0) is 24.7 Å². The summed E-state index contributed by atoms with van der Waals surface area (Å²) < 4.78 is 2.05. The molecule has 0 bridgehead atoms. The molecule has 0 saturated heterocycles.